The monoisotopic (exact) mass is 361 g/mol. The lowest BCUT2D eigenvalue weighted by atomic mass is 9.93. The van der Waals surface area contributed by atoms with Gasteiger partial charge in [0.1, 0.15) is 12.4 Å². The molecule has 1 saturated heterocycles. The van der Waals surface area contributed by atoms with Gasteiger partial charge < -0.3 is 14.6 Å². The minimum Gasteiger partial charge on any atom is -0.481 e. The van der Waals surface area contributed by atoms with E-state index in [1.54, 1.807) is 11.8 Å². The second-order valence-corrected chi connectivity index (χ2v) is 7.32. The van der Waals surface area contributed by atoms with Gasteiger partial charge in [0, 0.05) is 19.5 Å². The molecule has 0 saturated carbocycles. The number of nitrogens with zero attached hydrogens (tertiary/aromatic N) is 3. The number of piperidine rings is 1. The predicted molar refractivity (Wildman–Crippen MR) is 98.5 cm³/mol. The molecule has 0 bridgehead atoms. The number of fused-ring (bicyclic) bond motifs is 1. The van der Waals surface area contributed by atoms with Gasteiger partial charge in [0.25, 0.3) is 0 Å². The van der Waals surface area contributed by atoms with E-state index in [1.165, 1.54) is 0 Å². The van der Waals surface area contributed by atoms with Gasteiger partial charge in [-0.25, -0.2) is 4.98 Å². The van der Waals surface area contributed by atoms with E-state index in [4.69, 9.17) is 5.11 Å². The topological polar surface area (TPSA) is 75.4 Å². The van der Waals surface area contributed by atoms with Crippen molar-refractivity contribution >= 4 is 34.7 Å². The average molecular weight is 361 g/mol. The summed E-state index contributed by atoms with van der Waals surface area (Å²) in [7, 11) is 0. The number of carboxylic acid groups (broad SMARTS) is 1. The lowest BCUT2D eigenvalue weighted by Gasteiger charge is -2.31. The van der Waals surface area contributed by atoms with Gasteiger partial charge in [-0.05, 0) is 37.1 Å². The Hall–Kier alpha value is -2.02. The first-order valence-corrected chi connectivity index (χ1v) is 9.90. The number of aromatic nitrogens is 2. The molecule has 25 heavy (non-hydrogen) atoms. The molecule has 1 N–H and O–H groups in total. The van der Waals surface area contributed by atoms with E-state index in [9.17, 15) is 9.59 Å². The molecule has 0 atom stereocenters. The average Bonchev–Trinajstić information content (AvgIpc) is 2.93. The van der Waals surface area contributed by atoms with Crippen molar-refractivity contribution in [1.82, 2.24) is 14.5 Å². The number of amides is 1. The molecular weight excluding hydrogens is 338 g/mol. The molecule has 2 aromatic rings. The molecular formula is C18H23N3O3S. The lowest BCUT2D eigenvalue weighted by molar-refractivity contribution is -0.138. The molecule has 1 amide bonds. The molecule has 1 fully saturated rings. The fourth-order valence-electron chi connectivity index (χ4n) is 3.41. The summed E-state index contributed by atoms with van der Waals surface area (Å²) < 4.78 is 2.01. The van der Waals surface area contributed by atoms with Crippen molar-refractivity contribution < 1.29 is 14.7 Å². The van der Waals surface area contributed by atoms with Crippen molar-refractivity contribution in [3.63, 3.8) is 0 Å². The molecule has 1 aromatic heterocycles. The molecule has 6 nitrogen and oxygen atoms in total. The third-order valence-electron chi connectivity index (χ3n) is 4.73. The van der Waals surface area contributed by atoms with E-state index >= 15 is 0 Å². The highest BCUT2D eigenvalue weighted by atomic mass is 32.2. The number of hydrogen-bond donors (Lipinski definition) is 1. The van der Waals surface area contributed by atoms with Crippen LogP contribution in [0.25, 0.3) is 11.0 Å². The minimum absolute atomic E-state index is 0.0827. The summed E-state index contributed by atoms with van der Waals surface area (Å²) in [5.41, 5.74) is 1.90. The number of aliphatic carboxylic acids is 1. The van der Waals surface area contributed by atoms with Gasteiger partial charge in [-0.1, -0.05) is 12.1 Å². The minimum atomic E-state index is -0.753. The van der Waals surface area contributed by atoms with Gasteiger partial charge >= 0.3 is 5.97 Å². The van der Waals surface area contributed by atoms with Crippen LogP contribution < -0.4 is 0 Å². The maximum Gasteiger partial charge on any atom is 0.303 e. The van der Waals surface area contributed by atoms with Gasteiger partial charge in [-0.2, -0.15) is 11.8 Å². The molecule has 1 aromatic carbocycles. The van der Waals surface area contributed by atoms with E-state index in [-0.39, 0.29) is 18.2 Å². The van der Waals surface area contributed by atoms with E-state index < -0.39 is 5.97 Å². The number of carbonyl (C=O) groups excluding carboxylic acids is 1. The van der Waals surface area contributed by atoms with Crippen LogP contribution >= 0.6 is 11.8 Å². The van der Waals surface area contributed by atoms with E-state index in [2.05, 4.69) is 4.98 Å². The molecule has 0 aliphatic carbocycles. The molecule has 0 radical (unpaired) electrons. The number of para-hydroxylation sites is 2. The van der Waals surface area contributed by atoms with Gasteiger partial charge in [0.15, 0.2) is 0 Å². The van der Waals surface area contributed by atoms with Crippen LogP contribution in [0.2, 0.25) is 0 Å². The number of rotatable bonds is 6. The Morgan fingerprint density at radius 2 is 2.00 bits per heavy atom. The quantitative estimate of drug-likeness (QED) is 0.856. The highest BCUT2D eigenvalue weighted by molar-refractivity contribution is 7.97. The SMILES string of the molecule is CSCc1nc2ccccc2n1CC(=O)N1CCC(CC(=O)O)CC1. The Labute approximate surface area is 151 Å². The third-order valence-corrected chi connectivity index (χ3v) is 5.28. The first-order chi connectivity index (χ1) is 12.1. The second kappa shape index (κ2) is 7.91. The summed E-state index contributed by atoms with van der Waals surface area (Å²) in [6.07, 6.45) is 3.76. The predicted octanol–water partition coefficient (Wildman–Crippen LogP) is 2.61. The highest BCUT2D eigenvalue weighted by Gasteiger charge is 2.25. The summed E-state index contributed by atoms with van der Waals surface area (Å²) in [6, 6.07) is 7.89. The number of hydrogen-bond acceptors (Lipinski definition) is 4. The fraction of sp³-hybridized carbons (Fsp3) is 0.500. The maximum atomic E-state index is 12.7. The zero-order chi connectivity index (χ0) is 17.8. The van der Waals surface area contributed by atoms with E-state index in [0.29, 0.717) is 19.6 Å². The first-order valence-electron chi connectivity index (χ1n) is 8.51. The van der Waals surface area contributed by atoms with Crippen molar-refractivity contribution in [3.05, 3.63) is 30.1 Å². The summed E-state index contributed by atoms with van der Waals surface area (Å²) >= 11 is 1.69. The summed E-state index contributed by atoms with van der Waals surface area (Å²) in [6.45, 7) is 1.57. The smallest absolute Gasteiger partial charge is 0.303 e. The van der Waals surface area contributed by atoms with Crippen LogP contribution in [0.4, 0.5) is 0 Å². The molecule has 2 heterocycles. The highest BCUT2D eigenvalue weighted by Crippen LogP contribution is 2.22. The van der Waals surface area contributed by atoms with Crippen LogP contribution in [0.5, 0.6) is 0 Å². The number of thioether (sulfide) groups is 1. The molecule has 134 valence electrons. The second-order valence-electron chi connectivity index (χ2n) is 6.46. The van der Waals surface area contributed by atoms with Crippen LogP contribution in [0.3, 0.4) is 0 Å². The lowest BCUT2D eigenvalue weighted by Crippen LogP contribution is -2.40. The number of carboxylic acids is 1. The molecule has 0 spiro atoms. The largest absolute Gasteiger partial charge is 0.481 e. The molecule has 1 aliphatic heterocycles. The number of imidazole rings is 1. The standard InChI is InChI=1S/C18H23N3O3S/c1-25-12-16-19-14-4-2-3-5-15(14)21(16)11-17(22)20-8-6-13(7-9-20)10-18(23)24/h2-5,13H,6-12H2,1H3,(H,23,24). The summed E-state index contributed by atoms with van der Waals surface area (Å²) in [5, 5.41) is 8.90. The van der Waals surface area contributed by atoms with Crippen molar-refractivity contribution in [2.75, 3.05) is 19.3 Å². The van der Waals surface area contributed by atoms with Crippen LogP contribution in [-0.4, -0.2) is 50.8 Å². The molecule has 1 aliphatic rings. The summed E-state index contributed by atoms with van der Waals surface area (Å²) in [5.74, 6) is 1.20. The van der Waals surface area contributed by atoms with E-state index in [1.807, 2.05) is 40.0 Å². The summed E-state index contributed by atoms with van der Waals surface area (Å²) in [4.78, 5) is 30.1. The van der Waals surface area contributed by atoms with Crippen LogP contribution in [0, 0.1) is 5.92 Å². The Morgan fingerprint density at radius 3 is 2.68 bits per heavy atom. The third kappa shape index (κ3) is 4.15. The molecule has 7 heteroatoms. The Balaban J connectivity index is 1.70. The first kappa shape index (κ1) is 17.8. The molecule has 3 rings (SSSR count). The number of benzene rings is 1. The normalized spacial score (nSPS) is 15.6. The number of likely N-dealkylation sites (tertiary alicyclic amines) is 1. The molecule has 0 unspecified atom stereocenters. The fourth-order valence-corrected chi connectivity index (χ4v) is 3.89. The van der Waals surface area contributed by atoms with Gasteiger partial charge in [-0.15, -0.1) is 0 Å². The number of carbonyl (C=O) groups is 2. The van der Waals surface area contributed by atoms with Crippen molar-refractivity contribution in [3.8, 4) is 0 Å². The zero-order valence-corrected chi connectivity index (χ0v) is 15.2. The van der Waals surface area contributed by atoms with Crippen LogP contribution in [0.15, 0.2) is 24.3 Å². The zero-order valence-electron chi connectivity index (χ0n) is 14.4. The van der Waals surface area contributed by atoms with Gasteiger partial charge in [0.2, 0.25) is 5.91 Å². The van der Waals surface area contributed by atoms with Crippen LogP contribution in [-0.2, 0) is 21.9 Å². The van der Waals surface area contributed by atoms with Gasteiger partial charge in [-0.3, -0.25) is 9.59 Å². The van der Waals surface area contributed by atoms with Crippen molar-refractivity contribution in [2.24, 2.45) is 5.92 Å². The van der Waals surface area contributed by atoms with Crippen LogP contribution in [0.1, 0.15) is 25.1 Å². The van der Waals surface area contributed by atoms with Gasteiger partial charge in [0.05, 0.1) is 16.8 Å². The Morgan fingerprint density at radius 1 is 1.28 bits per heavy atom. The van der Waals surface area contributed by atoms with Crippen molar-refractivity contribution in [1.29, 1.82) is 0 Å². The van der Waals surface area contributed by atoms with Crippen molar-refractivity contribution in [2.45, 2.75) is 31.6 Å². The Kier molecular flexibility index (Phi) is 5.63. The van der Waals surface area contributed by atoms with E-state index in [0.717, 1.165) is 35.5 Å². The Bertz CT molecular complexity index is 766. The maximum absolute atomic E-state index is 12.7.